The monoisotopic (exact) mass is 285 g/mol. The molecular weight excluding hydrogens is 262 g/mol. The Hall–Kier alpha value is -1.68. The number of nitrogens with zero attached hydrogens (tertiary/aromatic N) is 3. The van der Waals surface area contributed by atoms with Crippen molar-refractivity contribution >= 4 is 0 Å². The molecule has 2 aromatic rings. The van der Waals surface area contributed by atoms with E-state index >= 15 is 0 Å². The molecule has 0 radical (unpaired) electrons. The van der Waals surface area contributed by atoms with Gasteiger partial charge in [0.05, 0.1) is 11.9 Å². The predicted octanol–water partition coefficient (Wildman–Crippen LogP) is 3.23. The Bertz CT molecular complexity index is 581. The number of rotatable bonds is 4. The fourth-order valence-electron chi connectivity index (χ4n) is 3.56. The van der Waals surface area contributed by atoms with Gasteiger partial charge in [-0.25, -0.2) is 4.68 Å². The summed E-state index contributed by atoms with van der Waals surface area (Å²) >= 11 is 0. The molecule has 1 saturated carbocycles. The summed E-state index contributed by atoms with van der Waals surface area (Å²) in [6.07, 6.45) is 6.75. The molecule has 0 saturated heterocycles. The molecule has 0 bridgehead atoms. The topological polar surface area (TPSA) is 50.9 Å². The van der Waals surface area contributed by atoms with Crippen LogP contribution in [0.15, 0.2) is 36.5 Å². The van der Waals surface area contributed by atoms with Crippen molar-refractivity contribution in [3.05, 3.63) is 47.8 Å². The average Bonchev–Trinajstić information content (AvgIpc) is 2.98. The van der Waals surface area contributed by atoms with Gasteiger partial charge in [-0.3, -0.25) is 0 Å². The van der Waals surface area contributed by atoms with Crippen LogP contribution in [0.2, 0.25) is 0 Å². The average molecular weight is 285 g/mol. The van der Waals surface area contributed by atoms with Crippen molar-refractivity contribution in [2.75, 3.05) is 0 Å². The third-order valence-corrected chi connectivity index (χ3v) is 4.58. The van der Waals surface area contributed by atoms with Crippen molar-refractivity contribution in [3.8, 4) is 0 Å². The molecular formula is C17H23N3O. The van der Waals surface area contributed by atoms with E-state index in [0.29, 0.717) is 0 Å². The van der Waals surface area contributed by atoms with Crippen LogP contribution in [-0.2, 0) is 12.1 Å². The van der Waals surface area contributed by atoms with E-state index in [4.69, 9.17) is 0 Å². The van der Waals surface area contributed by atoms with Crippen LogP contribution >= 0.6 is 0 Å². The molecule has 0 amide bonds. The number of benzene rings is 1. The highest BCUT2D eigenvalue weighted by molar-refractivity contribution is 5.27. The Morgan fingerprint density at radius 2 is 2.10 bits per heavy atom. The molecule has 0 aliphatic heterocycles. The van der Waals surface area contributed by atoms with Crippen LogP contribution in [0.5, 0.6) is 0 Å². The van der Waals surface area contributed by atoms with E-state index < -0.39 is 5.60 Å². The molecule has 2 atom stereocenters. The standard InChI is InChI=1S/C17H23N3O/c1-2-12-20-16(13-18-19-20)17(21)11-7-6-10-15(17)14-8-4-3-5-9-14/h3-5,8-9,13,15,21H,2,6-7,10-12H2,1H3. The fraction of sp³-hybridized carbons (Fsp3) is 0.529. The van der Waals surface area contributed by atoms with Gasteiger partial charge in [0.15, 0.2) is 0 Å². The predicted molar refractivity (Wildman–Crippen MR) is 81.9 cm³/mol. The first-order valence-electron chi connectivity index (χ1n) is 7.92. The molecule has 4 heteroatoms. The summed E-state index contributed by atoms with van der Waals surface area (Å²) in [5.74, 6) is 0.126. The molecule has 2 unspecified atom stereocenters. The maximum atomic E-state index is 11.5. The first kappa shape index (κ1) is 14.3. The lowest BCUT2D eigenvalue weighted by Gasteiger charge is -2.40. The van der Waals surface area contributed by atoms with E-state index in [1.165, 1.54) is 5.56 Å². The van der Waals surface area contributed by atoms with Gasteiger partial charge < -0.3 is 5.11 Å². The highest BCUT2D eigenvalue weighted by atomic mass is 16.3. The minimum atomic E-state index is -0.849. The lowest BCUT2D eigenvalue weighted by Crippen LogP contribution is -2.38. The van der Waals surface area contributed by atoms with E-state index in [1.807, 2.05) is 22.9 Å². The largest absolute Gasteiger partial charge is 0.383 e. The molecule has 1 aliphatic carbocycles. The highest BCUT2D eigenvalue weighted by Gasteiger charge is 2.43. The molecule has 3 rings (SSSR count). The number of aliphatic hydroxyl groups is 1. The number of aryl methyl sites for hydroxylation is 1. The molecule has 1 fully saturated rings. The zero-order chi connectivity index (χ0) is 14.7. The Morgan fingerprint density at radius 3 is 2.86 bits per heavy atom. The second-order valence-electron chi connectivity index (χ2n) is 5.98. The van der Waals surface area contributed by atoms with Crippen molar-refractivity contribution in [3.63, 3.8) is 0 Å². The smallest absolute Gasteiger partial charge is 0.115 e. The minimum absolute atomic E-state index is 0.126. The van der Waals surface area contributed by atoms with Gasteiger partial charge in [-0.1, -0.05) is 55.3 Å². The molecule has 21 heavy (non-hydrogen) atoms. The quantitative estimate of drug-likeness (QED) is 0.938. The van der Waals surface area contributed by atoms with Gasteiger partial charge in [0, 0.05) is 12.5 Å². The maximum absolute atomic E-state index is 11.5. The van der Waals surface area contributed by atoms with Gasteiger partial charge in [0.1, 0.15) is 5.60 Å². The van der Waals surface area contributed by atoms with E-state index in [-0.39, 0.29) is 5.92 Å². The van der Waals surface area contributed by atoms with E-state index in [2.05, 4.69) is 29.4 Å². The van der Waals surface area contributed by atoms with E-state index in [0.717, 1.165) is 44.3 Å². The first-order chi connectivity index (χ1) is 10.3. The summed E-state index contributed by atoms with van der Waals surface area (Å²) in [7, 11) is 0. The zero-order valence-corrected chi connectivity index (χ0v) is 12.6. The van der Waals surface area contributed by atoms with Crippen molar-refractivity contribution in [2.24, 2.45) is 0 Å². The summed E-state index contributed by atoms with van der Waals surface area (Å²) in [5, 5.41) is 19.7. The van der Waals surface area contributed by atoms with Crippen LogP contribution in [0, 0.1) is 0 Å². The Kier molecular flexibility index (Phi) is 4.06. The van der Waals surface area contributed by atoms with Crippen LogP contribution < -0.4 is 0 Å². The number of hydrogen-bond donors (Lipinski definition) is 1. The van der Waals surface area contributed by atoms with E-state index in [1.54, 1.807) is 6.20 Å². The second kappa shape index (κ2) is 5.98. The van der Waals surface area contributed by atoms with Crippen LogP contribution in [0.1, 0.15) is 56.2 Å². The lowest BCUT2D eigenvalue weighted by molar-refractivity contribution is -0.0301. The molecule has 1 heterocycles. The summed E-state index contributed by atoms with van der Waals surface area (Å²) in [6.45, 7) is 2.92. The van der Waals surface area contributed by atoms with Crippen molar-refractivity contribution < 1.29 is 5.11 Å². The first-order valence-corrected chi connectivity index (χ1v) is 7.92. The third kappa shape index (κ3) is 2.60. The van der Waals surface area contributed by atoms with Crippen LogP contribution in [0.3, 0.4) is 0 Å². The SMILES string of the molecule is CCCn1nncc1C1(O)CCCCC1c1ccccc1. The van der Waals surface area contributed by atoms with Gasteiger partial charge in [-0.15, -0.1) is 5.10 Å². The fourth-order valence-corrected chi connectivity index (χ4v) is 3.56. The second-order valence-corrected chi connectivity index (χ2v) is 5.98. The summed E-state index contributed by atoms with van der Waals surface area (Å²) in [5.41, 5.74) is 1.24. The van der Waals surface area contributed by atoms with Gasteiger partial charge in [-0.2, -0.15) is 0 Å². The Balaban J connectivity index is 2.01. The molecule has 1 aromatic heterocycles. The molecule has 1 N–H and O–H groups in total. The molecule has 1 aliphatic rings. The van der Waals surface area contributed by atoms with Crippen molar-refractivity contribution in [1.29, 1.82) is 0 Å². The summed E-state index contributed by atoms with van der Waals surface area (Å²) < 4.78 is 1.88. The van der Waals surface area contributed by atoms with Crippen molar-refractivity contribution in [2.45, 2.75) is 57.1 Å². The highest BCUT2D eigenvalue weighted by Crippen LogP contribution is 2.47. The Morgan fingerprint density at radius 1 is 1.29 bits per heavy atom. The summed E-state index contributed by atoms with van der Waals surface area (Å²) in [4.78, 5) is 0. The number of aromatic nitrogens is 3. The van der Waals surface area contributed by atoms with Gasteiger partial charge >= 0.3 is 0 Å². The normalized spacial score (nSPS) is 25.9. The summed E-state index contributed by atoms with van der Waals surface area (Å²) in [6, 6.07) is 10.4. The van der Waals surface area contributed by atoms with Gasteiger partial charge in [-0.05, 0) is 24.8 Å². The van der Waals surface area contributed by atoms with Crippen molar-refractivity contribution in [1.82, 2.24) is 15.0 Å². The zero-order valence-electron chi connectivity index (χ0n) is 12.6. The maximum Gasteiger partial charge on any atom is 0.115 e. The van der Waals surface area contributed by atoms with Crippen LogP contribution in [0.25, 0.3) is 0 Å². The molecule has 4 nitrogen and oxygen atoms in total. The lowest BCUT2D eigenvalue weighted by atomic mass is 9.70. The minimum Gasteiger partial charge on any atom is -0.383 e. The number of hydrogen-bond acceptors (Lipinski definition) is 3. The third-order valence-electron chi connectivity index (χ3n) is 4.58. The molecule has 1 aromatic carbocycles. The van der Waals surface area contributed by atoms with E-state index in [9.17, 15) is 5.11 Å². The van der Waals surface area contributed by atoms with Gasteiger partial charge in [0.2, 0.25) is 0 Å². The molecule has 0 spiro atoms. The van der Waals surface area contributed by atoms with Gasteiger partial charge in [0.25, 0.3) is 0 Å². The molecule has 112 valence electrons. The van der Waals surface area contributed by atoms with Crippen LogP contribution in [0.4, 0.5) is 0 Å². The van der Waals surface area contributed by atoms with Crippen LogP contribution in [-0.4, -0.2) is 20.1 Å². The Labute approximate surface area is 125 Å².